The lowest BCUT2D eigenvalue weighted by Gasteiger charge is -2.23. The van der Waals surface area contributed by atoms with Crippen molar-refractivity contribution in [2.45, 2.75) is 11.1 Å². The molecule has 0 saturated heterocycles. The summed E-state index contributed by atoms with van der Waals surface area (Å²) in [5.74, 6) is -0.814. The average Bonchev–Trinajstić information content (AvgIpc) is 2.26. The van der Waals surface area contributed by atoms with Crippen LogP contribution in [0.15, 0.2) is 23.1 Å². The van der Waals surface area contributed by atoms with E-state index in [0.717, 1.165) is 12.1 Å². The van der Waals surface area contributed by atoms with E-state index in [0.29, 0.717) is 6.07 Å². The first-order valence-electron chi connectivity index (χ1n) is 5.30. The highest BCUT2D eigenvalue weighted by atomic mass is 32.2. The molecule has 0 unspecified atom stereocenters. The Labute approximate surface area is 112 Å². The molecule has 0 aliphatic rings. The van der Waals surface area contributed by atoms with Crippen LogP contribution in [0.25, 0.3) is 0 Å². The molecule has 20 heavy (non-hydrogen) atoms. The van der Waals surface area contributed by atoms with Gasteiger partial charge in [0.25, 0.3) is 0 Å². The van der Waals surface area contributed by atoms with Crippen molar-refractivity contribution in [1.82, 2.24) is 4.31 Å². The van der Waals surface area contributed by atoms with Crippen LogP contribution in [-0.4, -0.2) is 43.7 Å². The summed E-state index contributed by atoms with van der Waals surface area (Å²) in [5.41, 5.74) is 4.81. The molecule has 0 aliphatic carbocycles. The predicted molar refractivity (Wildman–Crippen MR) is 62.7 cm³/mol. The number of nitrogen functional groups attached to an aromatic ring is 1. The van der Waals surface area contributed by atoms with Gasteiger partial charge < -0.3 is 10.8 Å². The first-order chi connectivity index (χ1) is 9.08. The maximum Gasteiger partial charge on any atom is 0.402 e. The van der Waals surface area contributed by atoms with Gasteiger partial charge in [-0.3, -0.25) is 0 Å². The highest BCUT2D eigenvalue weighted by molar-refractivity contribution is 7.89. The Kier molecular flexibility index (Phi) is 4.95. The summed E-state index contributed by atoms with van der Waals surface area (Å²) in [6.45, 7) is -3.32. The Bertz CT molecular complexity index is 574. The molecule has 3 N–H and O–H groups in total. The molecule has 1 rings (SSSR count). The molecule has 0 atom stereocenters. The van der Waals surface area contributed by atoms with Gasteiger partial charge >= 0.3 is 6.18 Å². The number of alkyl halides is 3. The van der Waals surface area contributed by atoms with Gasteiger partial charge in [0.05, 0.1) is 12.3 Å². The van der Waals surface area contributed by atoms with Gasteiger partial charge in [-0.25, -0.2) is 12.8 Å². The van der Waals surface area contributed by atoms with E-state index in [1.165, 1.54) is 0 Å². The van der Waals surface area contributed by atoms with Crippen molar-refractivity contribution in [1.29, 1.82) is 0 Å². The van der Waals surface area contributed by atoms with E-state index in [9.17, 15) is 26.0 Å². The Morgan fingerprint density at radius 3 is 2.35 bits per heavy atom. The summed E-state index contributed by atoms with van der Waals surface area (Å²) < 4.78 is 74.1. The number of nitrogens with zero attached hydrogens (tertiary/aromatic N) is 1. The quantitative estimate of drug-likeness (QED) is 0.626. The lowest BCUT2D eigenvalue weighted by Crippen LogP contribution is -2.40. The van der Waals surface area contributed by atoms with Crippen LogP contribution >= 0.6 is 0 Å². The molecule has 10 heteroatoms. The van der Waals surface area contributed by atoms with Crippen molar-refractivity contribution >= 4 is 15.7 Å². The minimum Gasteiger partial charge on any atom is -0.398 e. The molecule has 0 aliphatic heterocycles. The van der Waals surface area contributed by atoms with Crippen molar-refractivity contribution in [3.63, 3.8) is 0 Å². The number of aliphatic hydroxyl groups is 1. The molecule has 114 valence electrons. The Balaban J connectivity index is 3.22. The number of sulfonamides is 1. The first kappa shape index (κ1) is 16.7. The molecule has 0 bridgehead atoms. The smallest absolute Gasteiger partial charge is 0.398 e. The standard InChI is InChI=1S/C10H12F4N2O3S/c11-7-1-2-9(8(15)5-7)20(18,19)16(3-4-17)6-10(12,13)14/h1-2,5,17H,3-4,6,15H2. The number of aliphatic hydroxyl groups excluding tert-OH is 1. The summed E-state index contributed by atoms with van der Waals surface area (Å²) in [5, 5.41) is 8.69. The molecule has 5 nitrogen and oxygen atoms in total. The molecule has 1 aromatic carbocycles. The summed E-state index contributed by atoms with van der Waals surface area (Å²) >= 11 is 0. The van der Waals surface area contributed by atoms with Gasteiger partial charge in [0.2, 0.25) is 10.0 Å². The van der Waals surface area contributed by atoms with Crippen LogP contribution in [0.5, 0.6) is 0 Å². The topological polar surface area (TPSA) is 83.6 Å². The fourth-order valence-corrected chi connectivity index (χ4v) is 3.00. The van der Waals surface area contributed by atoms with Crippen LogP contribution in [0, 0.1) is 5.82 Å². The number of anilines is 1. The van der Waals surface area contributed by atoms with Crippen LogP contribution in [0.4, 0.5) is 23.2 Å². The summed E-state index contributed by atoms with van der Waals surface area (Å²) in [6.07, 6.45) is -4.78. The van der Waals surface area contributed by atoms with Crippen LogP contribution in [-0.2, 0) is 10.0 Å². The zero-order valence-corrected chi connectivity index (χ0v) is 10.9. The molecule has 0 saturated carbocycles. The minimum absolute atomic E-state index is 0.0383. The summed E-state index contributed by atoms with van der Waals surface area (Å²) in [6, 6.07) is 2.24. The van der Waals surface area contributed by atoms with Gasteiger partial charge in [-0.15, -0.1) is 0 Å². The molecular formula is C10H12F4N2O3S. The third-order valence-corrected chi connectivity index (χ3v) is 4.21. The Morgan fingerprint density at radius 2 is 1.90 bits per heavy atom. The molecule has 0 spiro atoms. The SMILES string of the molecule is Nc1cc(F)ccc1S(=O)(=O)N(CCO)CC(F)(F)F. The molecule has 0 heterocycles. The maximum absolute atomic E-state index is 12.8. The van der Waals surface area contributed by atoms with E-state index in [1.54, 1.807) is 0 Å². The van der Waals surface area contributed by atoms with E-state index in [-0.39, 0.29) is 4.31 Å². The largest absolute Gasteiger partial charge is 0.402 e. The fraction of sp³-hybridized carbons (Fsp3) is 0.400. The molecule has 0 radical (unpaired) electrons. The fourth-order valence-electron chi connectivity index (χ4n) is 1.49. The van der Waals surface area contributed by atoms with Gasteiger partial charge in [-0.1, -0.05) is 0 Å². The summed E-state index contributed by atoms with van der Waals surface area (Å²) in [4.78, 5) is -0.642. The number of rotatable bonds is 5. The third kappa shape index (κ3) is 4.05. The van der Waals surface area contributed by atoms with E-state index in [1.807, 2.05) is 0 Å². The third-order valence-electron chi connectivity index (χ3n) is 2.29. The van der Waals surface area contributed by atoms with E-state index in [4.69, 9.17) is 10.8 Å². The number of nitrogens with two attached hydrogens (primary N) is 1. The van der Waals surface area contributed by atoms with Crippen molar-refractivity contribution in [3.05, 3.63) is 24.0 Å². The number of hydrogen-bond donors (Lipinski definition) is 2. The molecular weight excluding hydrogens is 304 g/mol. The molecule has 0 fully saturated rings. The highest BCUT2D eigenvalue weighted by Crippen LogP contribution is 2.26. The normalized spacial score (nSPS) is 12.9. The summed E-state index contributed by atoms with van der Waals surface area (Å²) in [7, 11) is -4.58. The lowest BCUT2D eigenvalue weighted by atomic mass is 10.3. The van der Waals surface area contributed by atoms with Gasteiger partial charge in [-0.05, 0) is 18.2 Å². The molecule has 1 aromatic rings. The zero-order chi connectivity index (χ0) is 15.6. The number of hydrogen-bond acceptors (Lipinski definition) is 4. The van der Waals surface area contributed by atoms with Gasteiger partial charge in [-0.2, -0.15) is 17.5 Å². The second kappa shape index (κ2) is 5.94. The maximum atomic E-state index is 12.8. The Morgan fingerprint density at radius 1 is 1.30 bits per heavy atom. The average molecular weight is 316 g/mol. The van der Waals surface area contributed by atoms with Crippen LogP contribution in [0.2, 0.25) is 0 Å². The first-order valence-corrected chi connectivity index (χ1v) is 6.74. The van der Waals surface area contributed by atoms with E-state index in [2.05, 4.69) is 0 Å². The minimum atomic E-state index is -4.78. The van der Waals surface area contributed by atoms with Gasteiger partial charge in [0.1, 0.15) is 17.3 Å². The van der Waals surface area contributed by atoms with Crippen LogP contribution in [0.1, 0.15) is 0 Å². The molecule has 0 amide bonds. The van der Waals surface area contributed by atoms with Crippen molar-refractivity contribution in [2.75, 3.05) is 25.4 Å². The van der Waals surface area contributed by atoms with Gasteiger partial charge in [0.15, 0.2) is 0 Å². The van der Waals surface area contributed by atoms with Crippen molar-refractivity contribution in [2.24, 2.45) is 0 Å². The van der Waals surface area contributed by atoms with E-state index < -0.39 is 52.3 Å². The van der Waals surface area contributed by atoms with Crippen LogP contribution < -0.4 is 5.73 Å². The van der Waals surface area contributed by atoms with Crippen molar-refractivity contribution < 1.29 is 31.1 Å². The van der Waals surface area contributed by atoms with Crippen molar-refractivity contribution in [3.8, 4) is 0 Å². The Hall–Kier alpha value is -1.39. The van der Waals surface area contributed by atoms with Gasteiger partial charge in [0, 0.05) is 6.54 Å². The second-order valence-corrected chi connectivity index (χ2v) is 5.77. The van der Waals surface area contributed by atoms with Crippen LogP contribution in [0.3, 0.4) is 0 Å². The number of benzene rings is 1. The second-order valence-electron chi connectivity index (χ2n) is 3.86. The predicted octanol–water partition coefficient (Wildman–Crippen LogP) is 0.953. The van der Waals surface area contributed by atoms with E-state index >= 15 is 0 Å². The highest BCUT2D eigenvalue weighted by Gasteiger charge is 2.37. The number of halogens is 4. The monoisotopic (exact) mass is 316 g/mol. The lowest BCUT2D eigenvalue weighted by molar-refractivity contribution is -0.136. The molecule has 0 aromatic heterocycles. The zero-order valence-electron chi connectivity index (χ0n) is 10.1.